The van der Waals surface area contributed by atoms with Gasteiger partial charge in [0.1, 0.15) is 29.4 Å². The van der Waals surface area contributed by atoms with E-state index in [1.165, 1.54) is 7.11 Å². The number of fused-ring (bicyclic) bond motifs is 4. The molecule has 2 amide bonds. The summed E-state index contributed by atoms with van der Waals surface area (Å²) in [5.41, 5.74) is 1.82. The van der Waals surface area contributed by atoms with Gasteiger partial charge < -0.3 is 34.9 Å². The van der Waals surface area contributed by atoms with Crippen LogP contribution >= 0.6 is 0 Å². The summed E-state index contributed by atoms with van der Waals surface area (Å²) >= 11 is 0. The molecule has 0 saturated heterocycles. The zero-order chi connectivity index (χ0) is 34.5. The van der Waals surface area contributed by atoms with Gasteiger partial charge in [0.25, 0.3) is 5.91 Å². The van der Waals surface area contributed by atoms with Crippen molar-refractivity contribution in [1.82, 2.24) is 15.6 Å². The Morgan fingerprint density at radius 2 is 1.85 bits per heavy atom. The number of hydrogen-bond acceptors (Lipinski definition) is 10. The average Bonchev–Trinajstić information content (AvgIpc) is 3.73. The van der Waals surface area contributed by atoms with Gasteiger partial charge >= 0.3 is 5.97 Å². The largest absolute Gasteiger partial charge is 0.469 e. The minimum absolute atomic E-state index is 0.0522. The van der Waals surface area contributed by atoms with Crippen molar-refractivity contribution >= 4 is 29.3 Å². The monoisotopic (exact) mass is 658 g/mol. The molecule has 2 aromatic carbocycles. The van der Waals surface area contributed by atoms with Crippen LogP contribution in [-0.2, 0) is 31.0 Å². The molecule has 254 valence electrons. The molecule has 3 aromatic rings. The molecule has 3 aliphatic rings. The van der Waals surface area contributed by atoms with Crippen LogP contribution in [-0.4, -0.2) is 59.1 Å². The lowest BCUT2D eigenvalue weighted by Crippen LogP contribution is -2.44. The van der Waals surface area contributed by atoms with Crippen molar-refractivity contribution in [3.8, 4) is 5.75 Å². The Balaban J connectivity index is 1.58. The summed E-state index contributed by atoms with van der Waals surface area (Å²) in [5.74, 6) is -2.56. The van der Waals surface area contributed by atoms with Gasteiger partial charge in [-0.15, -0.1) is 0 Å². The van der Waals surface area contributed by atoms with Gasteiger partial charge in [-0.3, -0.25) is 14.4 Å². The SMILES string of the molecule is CC[C@H](NC(=O)c1nc2oc1C13c4ccccc4N[C@H]1Oc1ccc(cc13)CC(CC(=O)[C@@H](O)C(C)C)C(=O)N[C@H]2C(C)C)C(=O)OC. The maximum absolute atomic E-state index is 14.2. The number of para-hydroxylation sites is 1. The Hall–Kier alpha value is -4.71. The Bertz CT molecular complexity index is 1770. The smallest absolute Gasteiger partial charge is 0.328 e. The maximum Gasteiger partial charge on any atom is 0.328 e. The Morgan fingerprint density at radius 1 is 1.10 bits per heavy atom. The molecule has 12 heteroatoms. The minimum Gasteiger partial charge on any atom is -0.469 e. The van der Waals surface area contributed by atoms with E-state index in [4.69, 9.17) is 18.9 Å². The number of aliphatic hydroxyl groups excluding tert-OH is 1. The molecule has 6 rings (SSSR count). The maximum atomic E-state index is 14.2. The van der Waals surface area contributed by atoms with Crippen LogP contribution in [0.2, 0.25) is 0 Å². The van der Waals surface area contributed by atoms with Gasteiger partial charge in [0.2, 0.25) is 11.8 Å². The highest BCUT2D eigenvalue weighted by Gasteiger charge is 2.61. The van der Waals surface area contributed by atoms with Crippen molar-refractivity contribution in [3.05, 3.63) is 76.5 Å². The van der Waals surface area contributed by atoms with E-state index in [0.29, 0.717) is 11.3 Å². The van der Waals surface area contributed by atoms with Gasteiger partial charge in [-0.05, 0) is 47.9 Å². The van der Waals surface area contributed by atoms with E-state index in [0.717, 1.165) is 16.8 Å². The molecular weight excluding hydrogens is 616 g/mol. The van der Waals surface area contributed by atoms with E-state index < -0.39 is 59.3 Å². The molecule has 4 N–H and O–H groups in total. The van der Waals surface area contributed by atoms with E-state index >= 15 is 0 Å². The van der Waals surface area contributed by atoms with Crippen molar-refractivity contribution in [1.29, 1.82) is 0 Å². The first-order valence-electron chi connectivity index (χ1n) is 16.5. The number of hydrogen-bond donors (Lipinski definition) is 4. The second kappa shape index (κ2) is 12.7. The second-order valence-corrected chi connectivity index (χ2v) is 13.5. The minimum atomic E-state index is -1.20. The number of esters is 1. The molecule has 4 heterocycles. The number of nitrogens with one attached hydrogen (secondary N) is 3. The number of aromatic nitrogens is 1. The zero-order valence-corrected chi connectivity index (χ0v) is 28.0. The number of ketones is 1. The first kappa shape index (κ1) is 33.2. The third-order valence-corrected chi connectivity index (χ3v) is 9.65. The van der Waals surface area contributed by atoms with Crippen LogP contribution in [0.15, 0.2) is 46.9 Å². The van der Waals surface area contributed by atoms with Gasteiger partial charge in [0.15, 0.2) is 23.5 Å². The summed E-state index contributed by atoms with van der Waals surface area (Å²) in [7, 11) is 1.26. The number of nitrogens with zero attached hydrogens (tertiary/aromatic N) is 1. The quantitative estimate of drug-likeness (QED) is 0.248. The number of amides is 2. The molecule has 1 aromatic heterocycles. The molecule has 48 heavy (non-hydrogen) atoms. The molecule has 0 fully saturated rings. The van der Waals surface area contributed by atoms with Crippen molar-refractivity contribution < 1.29 is 38.2 Å². The molecule has 0 radical (unpaired) electrons. The van der Waals surface area contributed by atoms with Gasteiger partial charge in [-0.1, -0.05) is 65.0 Å². The summed E-state index contributed by atoms with van der Waals surface area (Å²) < 4.78 is 18.1. The van der Waals surface area contributed by atoms with Crippen LogP contribution in [0, 0.1) is 17.8 Å². The van der Waals surface area contributed by atoms with Crippen molar-refractivity contribution in [2.45, 2.75) is 83.7 Å². The number of oxazole rings is 1. The predicted molar refractivity (Wildman–Crippen MR) is 174 cm³/mol. The van der Waals surface area contributed by atoms with Crippen molar-refractivity contribution in [3.63, 3.8) is 0 Å². The first-order chi connectivity index (χ1) is 22.9. The highest BCUT2D eigenvalue weighted by Crippen LogP contribution is 2.58. The number of benzene rings is 2. The lowest BCUT2D eigenvalue weighted by molar-refractivity contribution is -0.143. The lowest BCUT2D eigenvalue weighted by Gasteiger charge is -2.29. The fraction of sp³-hybridized carbons (Fsp3) is 0.472. The molecular formula is C36H42N4O8. The number of methoxy groups -OCH3 is 1. The third kappa shape index (κ3) is 5.41. The van der Waals surface area contributed by atoms with Crippen LogP contribution in [0.5, 0.6) is 5.75 Å². The first-order valence-corrected chi connectivity index (χ1v) is 16.5. The van der Waals surface area contributed by atoms with E-state index in [1.54, 1.807) is 20.8 Å². The molecule has 3 aliphatic heterocycles. The Labute approximate surface area is 279 Å². The third-order valence-electron chi connectivity index (χ3n) is 9.65. The standard InChI is InChI=1S/C36H42N4O8/c1-7-23(34(45)46-6)37-32(44)28-30-36-21-10-8-9-11-24(21)38-35(36)47-26-13-12-19(15-22(26)36)14-20(16-25(41)29(42)18(4)5)31(43)39-27(17(2)3)33(40-28)48-30/h8-13,15,17-18,20,23,27,29,35,38,42H,7,14,16H2,1-6H3,(H,37,44)(H,39,43)/t20?,23-,27-,29-,35-,36?/m0/s1. The second-order valence-electron chi connectivity index (χ2n) is 13.5. The van der Waals surface area contributed by atoms with Crippen LogP contribution in [0.3, 0.4) is 0 Å². The number of Topliss-reactive ketones (excluding diaryl/α,β-unsaturated/α-hetero) is 1. The predicted octanol–water partition coefficient (Wildman–Crippen LogP) is 3.80. The van der Waals surface area contributed by atoms with E-state index in [-0.39, 0.29) is 48.4 Å². The summed E-state index contributed by atoms with van der Waals surface area (Å²) in [6.45, 7) is 9.04. The van der Waals surface area contributed by atoms with Crippen molar-refractivity contribution in [2.24, 2.45) is 17.8 Å². The summed E-state index contributed by atoms with van der Waals surface area (Å²) in [6.07, 6.45) is -1.59. The van der Waals surface area contributed by atoms with E-state index in [2.05, 4.69) is 16.0 Å². The van der Waals surface area contributed by atoms with Gasteiger partial charge in [-0.25, -0.2) is 9.78 Å². The number of ether oxygens (including phenoxy) is 2. The normalized spacial score (nSPS) is 23.4. The van der Waals surface area contributed by atoms with Crippen LogP contribution in [0.1, 0.15) is 92.3 Å². The van der Waals surface area contributed by atoms with Crippen molar-refractivity contribution in [2.75, 3.05) is 12.4 Å². The average molecular weight is 659 g/mol. The molecule has 1 spiro atoms. The number of carbonyl (C=O) groups excluding carboxylic acids is 4. The topological polar surface area (TPSA) is 169 Å². The Morgan fingerprint density at radius 3 is 2.54 bits per heavy atom. The van der Waals surface area contributed by atoms with Gasteiger partial charge in [0, 0.05) is 23.6 Å². The van der Waals surface area contributed by atoms with Crippen LogP contribution in [0.4, 0.5) is 5.69 Å². The number of rotatable bonds is 9. The fourth-order valence-corrected chi connectivity index (χ4v) is 7.00. The van der Waals surface area contributed by atoms with Crippen LogP contribution < -0.4 is 20.7 Å². The number of aliphatic hydroxyl groups is 1. The number of carbonyl (C=O) groups is 4. The molecule has 4 bridgehead atoms. The summed E-state index contributed by atoms with van der Waals surface area (Å²) in [6, 6.07) is 11.6. The summed E-state index contributed by atoms with van der Waals surface area (Å²) in [4.78, 5) is 58.6. The molecule has 12 nitrogen and oxygen atoms in total. The highest BCUT2D eigenvalue weighted by atomic mass is 16.5. The fourth-order valence-electron chi connectivity index (χ4n) is 7.00. The van der Waals surface area contributed by atoms with E-state index in [1.807, 2.05) is 56.3 Å². The highest BCUT2D eigenvalue weighted by molar-refractivity contribution is 5.97. The van der Waals surface area contributed by atoms with E-state index in [9.17, 15) is 24.3 Å². The molecule has 6 atom stereocenters. The molecule has 0 saturated carbocycles. The van der Waals surface area contributed by atoms with Gasteiger partial charge in [0.05, 0.1) is 7.11 Å². The van der Waals surface area contributed by atoms with Gasteiger partial charge in [-0.2, -0.15) is 0 Å². The molecule has 0 aliphatic carbocycles. The zero-order valence-electron chi connectivity index (χ0n) is 28.0. The number of anilines is 1. The van der Waals surface area contributed by atoms with Crippen LogP contribution in [0.25, 0.3) is 0 Å². The lowest BCUT2D eigenvalue weighted by atomic mass is 9.72. The molecule has 2 unspecified atom stereocenters. The Kier molecular flexibility index (Phi) is 8.80. The summed E-state index contributed by atoms with van der Waals surface area (Å²) in [5, 5.41) is 19.8.